The number of halogens is 4. The highest BCUT2D eigenvalue weighted by Gasteiger charge is 2.29. The second-order valence-electron chi connectivity index (χ2n) is 3.63. The first-order chi connectivity index (χ1) is 9.33. The van der Waals surface area contributed by atoms with Crippen molar-refractivity contribution in [3.8, 4) is 0 Å². The number of anilines is 1. The number of furan rings is 1. The molecule has 106 valence electrons. The van der Waals surface area contributed by atoms with Crippen molar-refractivity contribution in [2.45, 2.75) is 10.4 Å². The summed E-state index contributed by atoms with van der Waals surface area (Å²) in [4.78, 5) is 11.8. The van der Waals surface area contributed by atoms with E-state index in [2.05, 4.69) is 21.2 Å². The largest absolute Gasteiger partial charge is 0.446 e. The summed E-state index contributed by atoms with van der Waals surface area (Å²) >= 11 is 2.86. The summed E-state index contributed by atoms with van der Waals surface area (Å²) < 4.78 is 41.9. The zero-order chi connectivity index (χ0) is 14.8. The number of carbonyl (C=O) groups excluding carboxylic acids is 1. The molecule has 0 radical (unpaired) electrons. The van der Waals surface area contributed by atoms with Crippen LogP contribution >= 0.6 is 27.7 Å². The van der Waals surface area contributed by atoms with Crippen LogP contribution in [-0.2, 0) is 0 Å². The van der Waals surface area contributed by atoms with Gasteiger partial charge >= 0.3 is 5.51 Å². The van der Waals surface area contributed by atoms with Crippen LogP contribution in [0.2, 0.25) is 0 Å². The fourth-order valence-electron chi connectivity index (χ4n) is 1.37. The molecule has 0 atom stereocenters. The highest BCUT2D eigenvalue weighted by atomic mass is 79.9. The van der Waals surface area contributed by atoms with Crippen LogP contribution in [-0.4, -0.2) is 11.4 Å². The molecule has 0 bridgehead atoms. The Bertz CT molecular complexity index is 610. The number of rotatable bonds is 3. The van der Waals surface area contributed by atoms with Crippen LogP contribution in [0.3, 0.4) is 0 Å². The molecule has 0 aliphatic heterocycles. The molecule has 0 saturated carbocycles. The Balaban J connectivity index is 2.02. The summed E-state index contributed by atoms with van der Waals surface area (Å²) in [5, 5.41) is 2.52. The summed E-state index contributed by atoms with van der Waals surface area (Å²) in [5.74, 6) is -0.377. The first kappa shape index (κ1) is 15.0. The Morgan fingerprint density at radius 1 is 1.15 bits per heavy atom. The van der Waals surface area contributed by atoms with Crippen LogP contribution in [0.25, 0.3) is 0 Å². The van der Waals surface area contributed by atoms with E-state index < -0.39 is 11.4 Å². The molecule has 1 heterocycles. The summed E-state index contributed by atoms with van der Waals surface area (Å²) in [6, 6.07) is 8.40. The maximum atomic E-state index is 12.2. The lowest BCUT2D eigenvalue weighted by Gasteiger charge is -2.07. The Morgan fingerprint density at radius 3 is 2.30 bits per heavy atom. The van der Waals surface area contributed by atoms with Gasteiger partial charge in [0.05, 0.1) is 0 Å². The van der Waals surface area contributed by atoms with Crippen molar-refractivity contribution in [2.24, 2.45) is 0 Å². The smallest absolute Gasteiger partial charge is 0.444 e. The van der Waals surface area contributed by atoms with Gasteiger partial charge in [0, 0.05) is 10.6 Å². The number of hydrogen-bond donors (Lipinski definition) is 1. The topological polar surface area (TPSA) is 42.2 Å². The van der Waals surface area contributed by atoms with Crippen LogP contribution in [0.4, 0.5) is 18.9 Å². The number of alkyl halides is 3. The molecule has 0 spiro atoms. The first-order valence-electron chi connectivity index (χ1n) is 5.26. The molecule has 0 unspecified atom stereocenters. The molecule has 0 fully saturated rings. The number of benzene rings is 1. The minimum atomic E-state index is -4.33. The zero-order valence-electron chi connectivity index (χ0n) is 9.70. The molecular weight excluding hydrogens is 359 g/mol. The third-order valence-corrected chi connectivity index (χ3v) is 3.31. The summed E-state index contributed by atoms with van der Waals surface area (Å²) in [7, 11) is 0. The maximum absolute atomic E-state index is 12.2. The van der Waals surface area contributed by atoms with Crippen LogP contribution in [0.5, 0.6) is 0 Å². The molecule has 2 rings (SSSR count). The van der Waals surface area contributed by atoms with Crippen molar-refractivity contribution in [2.75, 3.05) is 5.32 Å². The standard InChI is InChI=1S/C12H7BrF3NO2S/c13-10-6-5-9(19-10)11(18)17-7-1-3-8(4-2-7)20-12(14,15)16/h1-6H,(H,17,18). The Morgan fingerprint density at radius 2 is 1.80 bits per heavy atom. The fraction of sp³-hybridized carbons (Fsp3) is 0.0833. The highest BCUT2D eigenvalue weighted by molar-refractivity contribution is 9.10. The van der Waals surface area contributed by atoms with E-state index in [1.54, 1.807) is 6.07 Å². The highest BCUT2D eigenvalue weighted by Crippen LogP contribution is 2.37. The lowest BCUT2D eigenvalue weighted by Crippen LogP contribution is -2.10. The zero-order valence-corrected chi connectivity index (χ0v) is 12.1. The predicted octanol–water partition coefficient (Wildman–Crippen LogP) is 4.91. The lowest BCUT2D eigenvalue weighted by atomic mass is 10.3. The van der Waals surface area contributed by atoms with E-state index in [9.17, 15) is 18.0 Å². The van der Waals surface area contributed by atoms with Crippen molar-refractivity contribution >= 4 is 39.3 Å². The minimum Gasteiger partial charge on any atom is -0.444 e. The van der Waals surface area contributed by atoms with Gasteiger partial charge in [0.15, 0.2) is 10.4 Å². The Kier molecular flexibility index (Phi) is 4.44. The molecule has 1 N–H and O–H groups in total. The molecule has 3 nitrogen and oxygen atoms in total. The van der Waals surface area contributed by atoms with Crippen molar-refractivity contribution in [3.63, 3.8) is 0 Å². The van der Waals surface area contributed by atoms with Gasteiger partial charge in [0.1, 0.15) is 0 Å². The van der Waals surface area contributed by atoms with Crippen molar-refractivity contribution < 1.29 is 22.4 Å². The normalized spacial score (nSPS) is 11.4. The maximum Gasteiger partial charge on any atom is 0.446 e. The van der Waals surface area contributed by atoms with E-state index in [-0.39, 0.29) is 22.4 Å². The summed E-state index contributed by atoms with van der Waals surface area (Å²) in [6.45, 7) is 0. The van der Waals surface area contributed by atoms with Crippen LogP contribution < -0.4 is 5.32 Å². The molecule has 20 heavy (non-hydrogen) atoms. The SMILES string of the molecule is O=C(Nc1ccc(SC(F)(F)F)cc1)c1ccc(Br)o1. The molecule has 0 saturated heterocycles. The van der Waals surface area contributed by atoms with E-state index in [4.69, 9.17) is 4.42 Å². The third-order valence-electron chi connectivity index (χ3n) is 2.14. The van der Waals surface area contributed by atoms with Crippen molar-refractivity contribution in [3.05, 3.63) is 46.8 Å². The third kappa shape index (κ3) is 4.31. The molecule has 1 aromatic carbocycles. The van der Waals surface area contributed by atoms with Crippen LogP contribution in [0.1, 0.15) is 10.6 Å². The molecule has 0 aliphatic rings. The number of nitrogens with one attached hydrogen (secondary N) is 1. The quantitative estimate of drug-likeness (QED) is 0.786. The average Bonchev–Trinajstić information content (AvgIpc) is 2.77. The number of amides is 1. The minimum absolute atomic E-state index is 0.0521. The van der Waals surface area contributed by atoms with Gasteiger partial charge in [-0.15, -0.1) is 0 Å². The fourth-order valence-corrected chi connectivity index (χ4v) is 2.21. The van der Waals surface area contributed by atoms with E-state index in [1.165, 1.54) is 30.3 Å². The molecule has 0 aliphatic carbocycles. The molecule has 1 amide bonds. The molecular formula is C12H7BrF3NO2S. The van der Waals surface area contributed by atoms with Gasteiger partial charge < -0.3 is 9.73 Å². The number of thioether (sulfide) groups is 1. The van der Waals surface area contributed by atoms with E-state index in [0.29, 0.717) is 10.4 Å². The van der Waals surface area contributed by atoms with Crippen molar-refractivity contribution in [1.82, 2.24) is 0 Å². The second kappa shape index (κ2) is 5.92. The Labute approximate surface area is 124 Å². The van der Waals surface area contributed by atoms with Gasteiger partial charge in [-0.2, -0.15) is 13.2 Å². The lowest BCUT2D eigenvalue weighted by molar-refractivity contribution is -0.0328. The van der Waals surface area contributed by atoms with Gasteiger partial charge in [-0.1, -0.05) is 0 Å². The first-order valence-corrected chi connectivity index (χ1v) is 6.87. The molecule has 8 heteroatoms. The van der Waals surface area contributed by atoms with Crippen LogP contribution in [0.15, 0.2) is 50.4 Å². The van der Waals surface area contributed by atoms with E-state index >= 15 is 0 Å². The number of hydrogen-bond acceptors (Lipinski definition) is 3. The molecule has 1 aromatic heterocycles. The van der Waals surface area contributed by atoms with E-state index in [0.717, 1.165) is 0 Å². The average molecular weight is 366 g/mol. The van der Waals surface area contributed by atoms with Gasteiger partial charge in [-0.25, -0.2) is 0 Å². The van der Waals surface area contributed by atoms with E-state index in [1.807, 2.05) is 0 Å². The van der Waals surface area contributed by atoms with Gasteiger partial charge in [0.25, 0.3) is 5.91 Å². The summed E-state index contributed by atoms with van der Waals surface area (Å²) in [5.41, 5.74) is -3.94. The van der Waals surface area contributed by atoms with Gasteiger partial charge in [-0.05, 0) is 64.1 Å². The predicted molar refractivity (Wildman–Crippen MR) is 72.7 cm³/mol. The van der Waals surface area contributed by atoms with Gasteiger partial charge in [-0.3, -0.25) is 4.79 Å². The second-order valence-corrected chi connectivity index (χ2v) is 5.55. The monoisotopic (exact) mass is 365 g/mol. The summed E-state index contributed by atoms with van der Waals surface area (Å²) in [6.07, 6.45) is 0. The Hall–Kier alpha value is -1.41. The molecule has 2 aromatic rings. The van der Waals surface area contributed by atoms with Crippen LogP contribution in [0, 0.1) is 0 Å². The van der Waals surface area contributed by atoms with Gasteiger partial charge in [0.2, 0.25) is 0 Å². The van der Waals surface area contributed by atoms with Crippen molar-refractivity contribution in [1.29, 1.82) is 0 Å². The number of carbonyl (C=O) groups is 1.